The zero-order valence-electron chi connectivity index (χ0n) is 15.6. The number of carbonyl (C=O) groups excluding carboxylic acids is 1. The lowest BCUT2D eigenvalue weighted by Crippen LogP contribution is -2.33. The third kappa shape index (κ3) is 4.62. The van der Waals surface area contributed by atoms with Gasteiger partial charge in [0.25, 0.3) is 5.91 Å². The number of para-hydroxylation sites is 1. The zero-order chi connectivity index (χ0) is 20.2. The average molecular weight is 402 g/mol. The van der Waals surface area contributed by atoms with Gasteiger partial charge in [-0.3, -0.25) is 10.1 Å². The molecule has 0 fully saturated rings. The highest BCUT2D eigenvalue weighted by atomic mass is 32.1. The molecule has 1 heterocycles. The van der Waals surface area contributed by atoms with Crippen LogP contribution in [0.4, 0.5) is 5.69 Å². The van der Waals surface area contributed by atoms with Crippen LogP contribution in [0.15, 0.2) is 83.3 Å². The van der Waals surface area contributed by atoms with E-state index in [0.29, 0.717) is 11.3 Å². The Labute approximate surface area is 173 Å². The number of benzene rings is 3. The molecule has 2 N–H and O–H groups in total. The number of aryl methyl sites for hydroxylation is 1. The van der Waals surface area contributed by atoms with Crippen molar-refractivity contribution in [2.24, 2.45) is 0 Å². The molecule has 5 nitrogen and oxygen atoms in total. The standard InChI is InChI=1S/C23H18N2O3S/c1-15-6-10-18(11-7-15)27-19-12-8-17(9-13-19)24-23(29)25-22(26)21-14-16-4-2-3-5-20(16)28-21/h2-14H,1H3,(H2,24,25,26,29). The number of anilines is 1. The molecular weight excluding hydrogens is 384 g/mol. The van der Waals surface area contributed by atoms with Gasteiger partial charge in [-0.15, -0.1) is 0 Å². The molecule has 0 spiro atoms. The first-order valence-corrected chi connectivity index (χ1v) is 9.43. The van der Waals surface area contributed by atoms with Crippen molar-refractivity contribution in [1.82, 2.24) is 5.32 Å². The van der Waals surface area contributed by atoms with Crippen LogP contribution in [0.5, 0.6) is 11.5 Å². The quantitative estimate of drug-likeness (QED) is 0.431. The summed E-state index contributed by atoms with van der Waals surface area (Å²) in [7, 11) is 0. The highest BCUT2D eigenvalue weighted by Crippen LogP contribution is 2.23. The number of hydrogen-bond donors (Lipinski definition) is 2. The smallest absolute Gasteiger partial charge is 0.293 e. The molecule has 0 saturated heterocycles. The minimum absolute atomic E-state index is 0.183. The monoisotopic (exact) mass is 402 g/mol. The van der Waals surface area contributed by atoms with Crippen LogP contribution in [0.2, 0.25) is 0 Å². The first kappa shape index (κ1) is 18.7. The molecule has 4 rings (SSSR count). The summed E-state index contributed by atoms with van der Waals surface area (Å²) in [5.74, 6) is 1.27. The number of ether oxygens (including phenoxy) is 1. The Morgan fingerprint density at radius 1 is 0.931 bits per heavy atom. The van der Waals surface area contributed by atoms with E-state index in [1.54, 1.807) is 6.07 Å². The molecule has 3 aromatic carbocycles. The van der Waals surface area contributed by atoms with Gasteiger partial charge in [0.1, 0.15) is 17.1 Å². The number of thiocarbonyl (C=S) groups is 1. The van der Waals surface area contributed by atoms with Crippen molar-refractivity contribution in [3.8, 4) is 11.5 Å². The number of fused-ring (bicyclic) bond motifs is 1. The van der Waals surface area contributed by atoms with Crippen LogP contribution in [0, 0.1) is 6.92 Å². The molecule has 1 aromatic heterocycles. The summed E-state index contributed by atoms with van der Waals surface area (Å²) in [6.45, 7) is 2.03. The Bertz CT molecular complexity index is 1130. The summed E-state index contributed by atoms with van der Waals surface area (Å²) >= 11 is 5.23. The van der Waals surface area contributed by atoms with E-state index in [9.17, 15) is 4.79 Å². The average Bonchev–Trinajstić information content (AvgIpc) is 3.16. The van der Waals surface area contributed by atoms with Crippen LogP contribution >= 0.6 is 12.2 Å². The van der Waals surface area contributed by atoms with Crippen LogP contribution in [-0.2, 0) is 0 Å². The maximum Gasteiger partial charge on any atom is 0.293 e. The number of rotatable bonds is 4. The van der Waals surface area contributed by atoms with E-state index in [2.05, 4.69) is 10.6 Å². The number of nitrogens with one attached hydrogen (secondary N) is 2. The molecule has 0 radical (unpaired) electrons. The Balaban J connectivity index is 1.35. The second kappa shape index (κ2) is 8.16. The number of furan rings is 1. The summed E-state index contributed by atoms with van der Waals surface area (Å²) < 4.78 is 11.3. The molecule has 1 amide bonds. The van der Waals surface area contributed by atoms with Gasteiger partial charge in [0.2, 0.25) is 0 Å². The largest absolute Gasteiger partial charge is 0.457 e. The number of carbonyl (C=O) groups is 1. The van der Waals surface area contributed by atoms with E-state index in [0.717, 1.165) is 16.8 Å². The fraction of sp³-hybridized carbons (Fsp3) is 0.0435. The molecule has 0 aliphatic rings. The molecule has 6 heteroatoms. The van der Waals surface area contributed by atoms with Gasteiger partial charge in [0, 0.05) is 11.1 Å². The van der Waals surface area contributed by atoms with Crippen LogP contribution in [0.1, 0.15) is 16.1 Å². The van der Waals surface area contributed by atoms with E-state index in [1.807, 2.05) is 79.7 Å². The van der Waals surface area contributed by atoms with E-state index in [-0.39, 0.29) is 10.9 Å². The highest BCUT2D eigenvalue weighted by Gasteiger charge is 2.13. The predicted molar refractivity (Wildman–Crippen MR) is 118 cm³/mol. The second-order valence-electron chi connectivity index (χ2n) is 6.50. The highest BCUT2D eigenvalue weighted by molar-refractivity contribution is 7.80. The van der Waals surface area contributed by atoms with Crippen LogP contribution in [-0.4, -0.2) is 11.0 Å². The van der Waals surface area contributed by atoms with Crippen LogP contribution in [0.25, 0.3) is 11.0 Å². The van der Waals surface area contributed by atoms with Crippen molar-refractivity contribution < 1.29 is 13.9 Å². The lowest BCUT2D eigenvalue weighted by atomic mass is 10.2. The van der Waals surface area contributed by atoms with Crippen molar-refractivity contribution in [3.63, 3.8) is 0 Å². The normalized spacial score (nSPS) is 10.5. The topological polar surface area (TPSA) is 63.5 Å². The Morgan fingerprint density at radius 2 is 1.59 bits per heavy atom. The van der Waals surface area contributed by atoms with Crippen LogP contribution in [0.3, 0.4) is 0 Å². The predicted octanol–water partition coefficient (Wildman–Crippen LogP) is 5.66. The first-order chi connectivity index (χ1) is 14.1. The van der Waals surface area contributed by atoms with Gasteiger partial charge in [0.15, 0.2) is 10.9 Å². The molecule has 0 aliphatic carbocycles. The lowest BCUT2D eigenvalue weighted by Gasteiger charge is -2.10. The van der Waals surface area contributed by atoms with E-state index in [1.165, 1.54) is 5.56 Å². The summed E-state index contributed by atoms with van der Waals surface area (Å²) in [5.41, 5.74) is 2.56. The zero-order valence-corrected chi connectivity index (χ0v) is 16.5. The van der Waals surface area contributed by atoms with Crippen molar-refractivity contribution >= 4 is 39.9 Å². The number of amides is 1. The van der Waals surface area contributed by atoms with Gasteiger partial charge < -0.3 is 14.5 Å². The molecule has 0 aliphatic heterocycles. The van der Waals surface area contributed by atoms with Crippen molar-refractivity contribution in [1.29, 1.82) is 0 Å². The third-order valence-electron chi connectivity index (χ3n) is 4.25. The van der Waals surface area contributed by atoms with Crippen molar-refractivity contribution in [2.75, 3.05) is 5.32 Å². The first-order valence-electron chi connectivity index (χ1n) is 9.02. The fourth-order valence-corrected chi connectivity index (χ4v) is 2.98. The summed E-state index contributed by atoms with van der Waals surface area (Å²) in [4.78, 5) is 12.3. The Morgan fingerprint density at radius 3 is 2.28 bits per heavy atom. The van der Waals surface area contributed by atoms with Gasteiger partial charge in [-0.2, -0.15) is 0 Å². The van der Waals surface area contributed by atoms with Gasteiger partial charge in [-0.1, -0.05) is 35.9 Å². The molecule has 0 bridgehead atoms. The van der Waals surface area contributed by atoms with E-state index >= 15 is 0 Å². The van der Waals surface area contributed by atoms with Gasteiger partial charge in [-0.05, 0) is 67.7 Å². The Hall–Kier alpha value is -3.64. The Kier molecular flexibility index (Phi) is 5.27. The van der Waals surface area contributed by atoms with Crippen LogP contribution < -0.4 is 15.4 Å². The minimum Gasteiger partial charge on any atom is -0.457 e. The molecule has 0 unspecified atom stereocenters. The van der Waals surface area contributed by atoms with E-state index < -0.39 is 5.91 Å². The molecule has 0 atom stereocenters. The van der Waals surface area contributed by atoms with E-state index in [4.69, 9.17) is 21.4 Å². The molecule has 144 valence electrons. The summed E-state index contributed by atoms with van der Waals surface area (Å²) in [6, 6.07) is 24.2. The van der Waals surface area contributed by atoms with Gasteiger partial charge >= 0.3 is 0 Å². The molecule has 0 saturated carbocycles. The maximum absolute atomic E-state index is 12.3. The van der Waals surface area contributed by atoms with Gasteiger partial charge in [0.05, 0.1) is 0 Å². The molecular formula is C23H18N2O3S. The summed E-state index contributed by atoms with van der Waals surface area (Å²) in [5, 5.41) is 6.64. The van der Waals surface area contributed by atoms with Gasteiger partial charge in [-0.25, -0.2) is 0 Å². The third-order valence-corrected chi connectivity index (χ3v) is 4.45. The second-order valence-corrected chi connectivity index (χ2v) is 6.90. The molecule has 29 heavy (non-hydrogen) atoms. The lowest BCUT2D eigenvalue weighted by molar-refractivity contribution is 0.0953. The van der Waals surface area contributed by atoms with Crippen molar-refractivity contribution in [3.05, 3.63) is 90.2 Å². The fourth-order valence-electron chi connectivity index (χ4n) is 2.77. The summed E-state index contributed by atoms with van der Waals surface area (Å²) in [6.07, 6.45) is 0. The maximum atomic E-state index is 12.3. The number of hydrogen-bond acceptors (Lipinski definition) is 4. The minimum atomic E-state index is -0.405. The molecule has 4 aromatic rings. The SMILES string of the molecule is Cc1ccc(Oc2ccc(NC(=S)NC(=O)c3cc4ccccc4o3)cc2)cc1. The van der Waals surface area contributed by atoms with Crippen molar-refractivity contribution in [2.45, 2.75) is 6.92 Å².